The number of methoxy groups -OCH3 is 2. The van der Waals surface area contributed by atoms with Gasteiger partial charge < -0.3 is 23.5 Å². The summed E-state index contributed by atoms with van der Waals surface area (Å²) in [7, 11) is 2.90. The van der Waals surface area contributed by atoms with E-state index in [1.807, 2.05) is 56.5 Å². The van der Waals surface area contributed by atoms with Crippen molar-refractivity contribution in [2.75, 3.05) is 20.8 Å². The Kier molecular flexibility index (Phi) is 9.34. The first-order valence-electron chi connectivity index (χ1n) is 14.9. The Morgan fingerprint density at radius 2 is 1.78 bits per heavy atom. The van der Waals surface area contributed by atoms with Gasteiger partial charge in [0.2, 0.25) is 0 Å². The second-order valence-electron chi connectivity index (χ2n) is 11.1. The van der Waals surface area contributed by atoms with Crippen molar-refractivity contribution >= 4 is 29.4 Å². The molecule has 0 amide bonds. The number of aromatic nitrogens is 2. The van der Waals surface area contributed by atoms with Gasteiger partial charge in [-0.1, -0.05) is 23.5 Å². The van der Waals surface area contributed by atoms with E-state index in [0.29, 0.717) is 37.7 Å². The Morgan fingerprint density at radius 3 is 2.46 bits per heavy atom. The van der Waals surface area contributed by atoms with Crippen molar-refractivity contribution in [3.05, 3.63) is 108 Å². The number of aryl methyl sites for hydroxylation is 1. The van der Waals surface area contributed by atoms with E-state index in [0.717, 1.165) is 22.6 Å². The van der Waals surface area contributed by atoms with Crippen molar-refractivity contribution in [2.24, 2.45) is 4.99 Å². The fourth-order valence-electron chi connectivity index (χ4n) is 5.67. The van der Waals surface area contributed by atoms with Gasteiger partial charge in [0, 0.05) is 17.1 Å². The normalized spacial score (nSPS) is 14.6. The number of hydrogen-bond acceptors (Lipinski definition) is 9. The van der Waals surface area contributed by atoms with Crippen LogP contribution in [0.15, 0.2) is 69.6 Å². The molecule has 0 saturated carbocycles. The maximum Gasteiger partial charge on any atom is 0.338 e. The van der Waals surface area contributed by atoms with Crippen LogP contribution in [-0.4, -0.2) is 48.0 Å². The van der Waals surface area contributed by atoms with Crippen LogP contribution < -0.4 is 24.4 Å². The van der Waals surface area contributed by atoms with Crippen LogP contribution in [-0.2, 0) is 14.3 Å². The molecule has 0 spiro atoms. The van der Waals surface area contributed by atoms with Crippen LogP contribution in [0.2, 0.25) is 0 Å². The minimum absolute atomic E-state index is 0.0756. The number of allylic oxidation sites excluding steroid dienone is 1. The Bertz CT molecular complexity index is 2050. The summed E-state index contributed by atoms with van der Waals surface area (Å²) in [6.07, 6.45) is 1.77. The third-order valence-electron chi connectivity index (χ3n) is 7.67. The molecule has 0 aliphatic carbocycles. The second-order valence-corrected chi connectivity index (χ2v) is 12.1. The van der Waals surface area contributed by atoms with Gasteiger partial charge in [-0.2, -0.15) is 0 Å². The SMILES string of the molecule is CCOC(=O)C1=C(C)N=c2s/c(=C\c3cc(C)n(-c4cccc(C(=O)OC)c4)c3C)c(=O)n2[C@@H]1c1ccc(OC(C)C)c(OC)c1. The van der Waals surface area contributed by atoms with E-state index >= 15 is 0 Å². The summed E-state index contributed by atoms with van der Waals surface area (Å²) in [6.45, 7) is 11.4. The lowest BCUT2D eigenvalue weighted by Gasteiger charge is -2.25. The maximum absolute atomic E-state index is 14.2. The van der Waals surface area contributed by atoms with E-state index in [1.54, 1.807) is 55.9 Å². The molecule has 5 rings (SSSR count). The van der Waals surface area contributed by atoms with E-state index < -0.39 is 18.0 Å². The van der Waals surface area contributed by atoms with Gasteiger partial charge in [-0.25, -0.2) is 14.6 Å². The third-order valence-corrected chi connectivity index (χ3v) is 8.65. The molecule has 0 bridgehead atoms. The number of fused-ring (bicyclic) bond motifs is 1. The van der Waals surface area contributed by atoms with Gasteiger partial charge in [0.05, 0.1) is 54.3 Å². The summed E-state index contributed by atoms with van der Waals surface area (Å²) >= 11 is 1.25. The van der Waals surface area contributed by atoms with Crippen LogP contribution >= 0.6 is 11.3 Å². The first-order valence-corrected chi connectivity index (χ1v) is 15.7. The number of rotatable bonds is 9. The van der Waals surface area contributed by atoms with Gasteiger partial charge in [-0.3, -0.25) is 9.36 Å². The standard InChI is InChI=1S/C35H37N3O7S/c1-9-44-34(41)30-21(5)36-35-38(31(30)23-13-14-27(45-19(2)3)28(17-23)42-7)32(39)29(46-35)18-25-15-20(4)37(22(25)6)26-12-10-11-24(16-26)33(40)43-8/h10-19,31H,9H2,1-8H3/b29-18-/t31-/m1/s1. The van der Waals surface area contributed by atoms with Crippen molar-refractivity contribution < 1.29 is 28.5 Å². The molecule has 240 valence electrons. The molecule has 4 aromatic rings. The molecule has 0 fully saturated rings. The lowest BCUT2D eigenvalue weighted by Crippen LogP contribution is -2.40. The van der Waals surface area contributed by atoms with Gasteiger partial charge in [0.15, 0.2) is 16.3 Å². The topological polar surface area (TPSA) is 110 Å². The highest BCUT2D eigenvalue weighted by molar-refractivity contribution is 7.07. The molecule has 2 aromatic carbocycles. The summed E-state index contributed by atoms with van der Waals surface area (Å²) in [5.74, 6) is 0.0778. The Hall–Kier alpha value is -4.90. The number of benzene rings is 2. The highest BCUT2D eigenvalue weighted by atomic mass is 32.1. The smallest absolute Gasteiger partial charge is 0.338 e. The zero-order valence-corrected chi connectivity index (χ0v) is 28.0. The maximum atomic E-state index is 14.2. The molecular formula is C35H37N3O7S. The van der Waals surface area contributed by atoms with E-state index in [4.69, 9.17) is 23.9 Å². The lowest BCUT2D eigenvalue weighted by atomic mass is 9.95. The first-order chi connectivity index (χ1) is 22.0. The Balaban J connectivity index is 1.67. The largest absolute Gasteiger partial charge is 0.493 e. The van der Waals surface area contributed by atoms with Gasteiger partial charge in [0.1, 0.15) is 0 Å². The van der Waals surface area contributed by atoms with Crippen molar-refractivity contribution in [1.82, 2.24) is 9.13 Å². The van der Waals surface area contributed by atoms with Gasteiger partial charge in [-0.05, 0) is 95.1 Å². The summed E-state index contributed by atoms with van der Waals surface area (Å²) < 4.78 is 25.9. The zero-order chi connectivity index (χ0) is 33.3. The quantitative estimate of drug-likeness (QED) is 0.241. The van der Waals surface area contributed by atoms with Crippen LogP contribution in [0.25, 0.3) is 11.8 Å². The van der Waals surface area contributed by atoms with Crippen LogP contribution in [0.1, 0.15) is 66.6 Å². The van der Waals surface area contributed by atoms with E-state index in [-0.39, 0.29) is 23.8 Å². The molecule has 46 heavy (non-hydrogen) atoms. The number of hydrogen-bond donors (Lipinski definition) is 0. The summed E-state index contributed by atoms with van der Waals surface area (Å²) in [6, 6.07) is 13.8. The lowest BCUT2D eigenvalue weighted by molar-refractivity contribution is -0.139. The minimum atomic E-state index is -0.798. The average Bonchev–Trinajstić information content (AvgIpc) is 3.48. The minimum Gasteiger partial charge on any atom is -0.493 e. The summed E-state index contributed by atoms with van der Waals surface area (Å²) in [5.41, 5.74) is 5.00. The number of carbonyl (C=O) groups excluding carboxylic acids is 2. The van der Waals surface area contributed by atoms with Crippen LogP contribution in [0.5, 0.6) is 11.5 Å². The molecule has 3 heterocycles. The van der Waals surface area contributed by atoms with Gasteiger partial charge in [-0.15, -0.1) is 0 Å². The molecule has 11 heteroatoms. The van der Waals surface area contributed by atoms with Crippen LogP contribution in [0.4, 0.5) is 0 Å². The summed E-state index contributed by atoms with van der Waals surface area (Å²) in [4.78, 5) is 44.9. The van der Waals surface area contributed by atoms with E-state index in [2.05, 4.69) is 0 Å². The fraction of sp³-hybridized carbons (Fsp3) is 0.314. The van der Waals surface area contributed by atoms with Gasteiger partial charge >= 0.3 is 11.9 Å². The summed E-state index contributed by atoms with van der Waals surface area (Å²) in [5, 5.41) is 0. The Labute approximate surface area is 270 Å². The molecule has 2 aromatic heterocycles. The molecule has 10 nitrogen and oxygen atoms in total. The zero-order valence-electron chi connectivity index (χ0n) is 27.2. The molecule has 0 unspecified atom stereocenters. The molecule has 1 atom stereocenters. The second kappa shape index (κ2) is 13.2. The highest BCUT2D eigenvalue weighted by Crippen LogP contribution is 2.36. The van der Waals surface area contributed by atoms with E-state index in [1.165, 1.54) is 18.4 Å². The molecule has 0 N–H and O–H groups in total. The van der Waals surface area contributed by atoms with Crippen molar-refractivity contribution in [2.45, 2.75) is 53.7 Å². The average molecular weight is 644 g/mol. The van der Waals surface area contributed by atoms with Crippen LogP contribution in [0, 0.1) is 13.8 Å². The van der Waals surface area contributed by atoms with Crippen molar-refractivity contribution in [3.8, 4) is 17.2 Å². The number of carbonyl (C=O) groups is 2. The predicted octanol–water partition coefficient (Wildman–Crippen LogP) is 4.79. The van der Waals surface area contributed by atoms with Gasteiger partial charge in [0.25, 0.3) is 5.56 Å². The van der Waals surface area contributed by atoms with Crippen molar-refractivity contribution in [1.29, 1.82) is 0 Å². The Morgan fingerprint density at radius 1 is 1.02 bits per heavy atom. The number of ether oxygens (including phenoxy) is 4. The number of esters is 2. The first kappa shape index (κ1) is 32.5. The van der Waals surface area contributed by atoms with Crippen LogP contribution in [0.3, 0.4) is 0 Å². The molecule has 0 radical (unpaired) electrons. The molecule has 1 aliphatic rings. The van der Waals surface area contributed by atoms with Crippen molar-refractivity contribution in [3.63, 3.8) is 0 Å². The number of thiazole rings is 1. The fourth-order valence-corrected chi connectivity index (χ4v) is 6.71. The monoisotopic (exact) mass is 643 g/mol. The number of nitrogens with zero attached hydrogens (tertiary/aromatic N) is 3. The molecule has 0 saturated heterocycles. The highest BCUT2D eigenvalue weighted by Gasteiger charge is 2.34. The molecule has 1 aliphatic heterocycles. The van der Waals surface area contributed by atoms with E-state index in [9.17, 15) is 14.4 Å². The molecular weight excluding hydrogens is 606 g/mol. The third kappa shape index (κ3) is 6.02. The predicted molar refractivity (Wildman–Crippen MR) is 176 cm³/mol.